The predicted molar refractivity (Wildman–Crippen MR) is 149 cm³/mol. The Morgan fingerprint density at radius 2 is 1.83 bits per heavy atom. The maximum Gasteiger partial charge on any atom is 0.303 e. The number of nitrogens with zero attached hydrogens (tertiary/aromatic N) is 3. The fourth-order valence-electron chi connectivity index (χ4n) is 5.63. The van der Waals surface area contributed by atoms with Crippen LogP contribution in [-0.4, -0.2) is 73.5 Å². The standard InChI is InChI=1S/C30H36F3N3O5/c1-35(2)25-18-34-24-5-4-20(40-3)16-21(24)28(25)26(37)6-7-30(17-27(38)39)8-10-36(11-9-30)12-13-41-29-22(32)14-19(31)15-23(29)33/h4-5,14-16,18,26,37H,6-13,17H2,1-3H3,(H,38,39). The topological polar surface area (TPSA) is 95.4 Å². The Kier molecular flexibility index (Phi) is 9.60. The predicted octanol–water partition coefficient (Wildman–Crippen LogP) is 5.18. The number of anilines is 1. The second-order valence-electron chi connectivity index (χ2n) is 10.8. The third kappa shape index (κ3) is 7.20. The Labute approximate surface area is 237 Å². The molecule has 0 amide bonds. The van der Waals surface area contributed by atoms with E-state index < -0.39 is 40.7 Å². The van der Waals surface area contributed by atoms with Gasteiger partial charge >= 0.3 is 5.97 Å². The Morgan fingerprint density at radius 1 is 1.15 bits per heavy atom. The average Bonchev–Trinajstić information content (AvgIpc) is 2.92. The smallest absolute Gasteiger partial charge is 0.303 e. The molecule has 1 aliphatic rings. The van der Waals surface area contributed by atoms with Crippen LogP contribution in [0.5, 0.6) is 11.5 Å². The molecule has 4 rings (SSSR count). The summed E-state index contributed by atoms with van der Waals surface area (Å²) in [6.45, 7) is 1.51. The first-order valence-electron chi connectivity index (χ1n) is 13.6. The molecule has 1 aromatic heterocycles. The number of benzene rings is 2. The fourth-order valence-corrected chi connectivity index (χ4v) is 5.63. The fraction of sp³-hybridized carbons (Fsp3) is 0.467. The summed E-state index contributed by atoms with van der Waals surface area (Å²) in [6.07, 6.45) is 2.86. The molecule has 1 atom stereocenters. The van der Waals surface area contributed by atoms with Gasteiger partial charge < -0.3 is 24.6 Å². The Balaban J connectivity index is 1.43. The summed E-state index contributed by atoms with van der Waals surface area (Å²) in [6, 6.07) is 6.65. The molecular formula is C30H36F3N3O5. The first-order valence-corrected chi connectivity index (χ1v) is 13.6. The number of rotatable bonds is 12. The van der Waals surface area contributed by atoms with Crippen LogP contribution in [0.2, 0.25) is 0 Å². The highest BCUT2D eigenvalue weighted by molar-refractivity contribution is 5.88. The summed E-state index contributed by atoms with van der Waals surface area (Å²) in [4.78, 5) is 20.3. The number of piperidine rings is 1. The Hall–Kier alpha value is -3.57. The molecule has 8 nitrogen and oxygen atoms in total. The molecule has 0 saturated carbocycles. The van der Waals surface area contributed by atoms with Crippen LogP contribution in [0.4, 0.5) is 18.9 Å². The summed E-state index contributed by atoms with van der Waals surface area (Å²) in [5.41, 5.74) is 1.70. The van der Waals surface area contributed by atoms with Crippen LogP contribution in [0, 0.1) is 22.9 Å². The third-order valence-corrected chi connectivity index (χ3v) is 7.92. The second-order valence-corrected chi connectivity index (χ2v) is 10.8. The van der Waals surface area contributed by atoms with E-state index in [0.717, 1.165) is 22.2 Å². The van der Waals surface area contributed by atoms with Crippen molar-refractivity contribution in [2.75, 3.05) is 52.3 Å². The van der Waals surface area contributed by atoms with Crippen LogP contribution in [-0.2, 0) is 4.79 Å². The van der Waals surface area contributed by atoms with Crippen molar-refractivity contribution < 1.29 is 37.7 Å². The van der Waals surface area contributed by atoms with Gasteiger partial charge in [0.05, 0.1) is 37.0 Å². The van der Waals surface area contributed by atoms with E-state index in [1.165, 1.54) is 0 Å². The Morgan fingerprint density at radius 3 is 2.44 bits per heavy atom. The van der Waals surface area contributed by atoms with Gasteiger partial charge in [0, 0.05) is 43.7 Å². The zero-order valence-corrected chi connectivity index (χ0v) is 23.5. The highest BCUT2D eigenvalue weighted by Crippen LogP contribution is 2.43. The number of aliphatic hydroxyl groups is 1. The third-order valence-electron chi connectivity index (χ3n) is 7.92. The van der Waals surface area contributed by atoms with E-state index >= 15 is 0 Å². The number of fused-ring (bicyclic) bond motifs is 1. The molecule has 2 N–H and O–H groups in total. The highest BCUT2D eigenvalue weighted by Gasteiger charge is 2.37. The molecule has 2 aromatic carbocycles. The number of aromatic nitrogens is 1. The van der Waals surface area contributed by atoms with Crippen LogP contribution in [0.15, 0.2) is 36.5 Å². The summed E-state index contributed by atoms with van der Waals surface area (Å²) in [7, 11) is 5.33. The first kappa shape index (κ1) is 30.4. The molecule has 2 heterocycles. The van der Waals surface area contributed by atoms with Crippen molar-refractivity contribution in [2.45, 2.75) is 38.2 Å². The van der Waals surface area contributed by atoms with Crippen molar-refractivity contribution in [1.29, 1.82) is 0 Å². The molecule has 222 valence electrons. The lowest BCUT2D eigenvalue weighted by atomic mass is 9.71. The van der Waals surface area contributed by atoms with Gasteiger partial charge in [-0.3, -0.25) is 14.7 Å². The number of aliphatic carboxylic acids is 1. The summed E-state index contributed by atoms with van der Waals surface area (Å²) in [5.74, 6) is -4.08. The van der Waals surface area contributed by atoms with E-state index in [0.29, 0.717) is 63.2 Å². The van der Waals surface area contributed by atoms with Crippen molar-refractivity contribution in [3.05, 3.63) is 59.5 Å². The number of hydrogen-bond acceptors (Lipinski definition) is 7. The van der Waals surface area contributed by atoms with Gasteiger partial charge in [-0.15, -0.1) is 0 Å². The minimum absolute atomic E-state index is 0.00396. The van der Waals surface area contributed by atoms with Crippen LogP contribution < -0.4 is 14.4 Å². The van der Waals surface area contributed by atoms with Gasteiger partial charge in [-0.2, -0.15) is 0 Å². The molecule has 1 aliphatic heterocycles. The zero-order chi connectivity index (χ0) is 29.7. The van der Waals surface area contributed by atoms with Gasteiger partial charge in [-0.1, -0.05) is 0 Å². The van der Waals surface area contributed by atoms with Crippen LogP contribution in [0.25, 0.3) is 10.9 Å². The van der Waals surface area contributed by atoms with Crippen LogP contribution >= 0.6 is 0 Å². The molecule has 3 aromatic rings. The summed E-state index contributed by atoms with van der Waals surface area (Å²) in [5, 5.41) is 22.0. The van der Waals surface area contributed by atoms with E-state index in [9.17, 15) is 28.2 Å². The Bertz CT molecular complexity index is 1360. The van der Waals surface area contributed by atoms with Gasteiger partial charge in [-0.25, -0.2) is 13.2 Å². The number of likely N-dealkylation sites (tertiary alicyclic amines) is 1. The van der Waals surface area contributed by atoms with Gasteiger partial charge in [0.25, 0.3) is 0 Å². The van der Waals surface area contributed by atoms with E-state index in [1.54, 1.807) is 13.3 Å². The maximum atomic E-state index is 13.9. The minimum Gasteiger partial charge on any atom is -0.497 e. The van der Waals surface area contributed by atoms with Crippen molar-refractivity contribution >= 4 is 22.6 Å². The quantitative estimate of drug-likeness (QED) is 0.305. The first-order chi connectivity index (χ1) is 19.5. The van der Waals surface area contributed by atoms with Crippen LogP contribution in [0.3, 0.4) is 0 Å². The number of ether oxygens (including phenoxy) is 2. The molecular weight excluding hydrogens is 539 g/mol. The molecule has 0 aliphatic carbocycles. The normalized spacial score (nSPS) is 16.0. The molecule has 11 heteroatoms. The molecule has 0 spiro atoms. The molecule has 1 saturated heterocycles. The van der Waals surface area contributed by atoms with E-state index in [-0.39, 0.29) is 13.0 Å². The minimum atomic E-state index is -1.10. The zero-order valence-electron chi connectivity index (χ0n) is 23.5. The number of carbonyl (C=O) groups is 1. The highest BCUT2D eigenvalue weighted by atomic mass is 19.1. The number of halogens is 3. The number of aliphatic hydroxyl groups excluding tert-OH is 1. The second kappa shape index (κ2) is 12.9. The lowest BCUT2D eigenvalue weighted by molar-refractivity contribution is -0.141. The monoisotopic (exact) mass is 575 g/mol. The van der Waals surface area contributed by atoms with Gasteiger partial charge in [-0.05, 0) is 62.4 Å². The largest absolute Gasteiger partial charge is 0.497 e. The van der Waals surface area contributed by atoms with Crippen LogP contribution in [0.1, 0.15) is 43.8 Å². The maximum absolute atomic E-state index is 13.9. The molecule has 1 fully saturated rings. The number of methoxy groups -OCH3 is 1. The summed E-state index contributed by atoms with van der Waals surface area (Å²) < 4.78 is 51.5. The average molecular weight is 576 g/mol. The molecule has 41 heavy (non-hydrogen) atoms. The van der Waals surface area contributed by atoms with Crippen molar-refractivity contribution in [3.63, 3.8) is 0 Å². The SMILES string of the molecule is COc1ccc2ncc(N(C)C)c(C(O)CCC3(CC(=O)O)CCN(CCOc4c(F)cc(F)cc4F)CC3)c2c1. The van der Waals surface area contributed by atoms with E-state index in [2.05, 4.69) is 4.98 Å². The molecule has 0 bridgehead atoms. The number of carboxylic acid groups (broad SMARTS) is 1. The van der Waals surface area contributed by atoms with Gasteiger partial charge in [0.15, 0.2) is 17.4 Å². The molecule has 1 unspecified atom stereocenters. The van der Waals surface area contributed by atoms with E-state index in [1.807, 2.05) is 42.1 Å². The lowest BCUT2D eigenvalue weighted by Crippen LogP contribution is -2.42. The van der Waals surface area contributed by atoms with Gasteiger partial charge in [0.1, 0.15) is 18.2 Å². The van der Waals surface area contributed by atoms with Gasteiger partial charge in [0.2, 0.25) is 0 Å². The van der Waals surface area contributed by atoms with Crippen molar-refractivity contribution in [3.8, 4) is 11.5 Å². The molecule has 0 radical (unpaired) electrons. The number of pyridine rings is 1. The summed E-state index contributed by atoms with van der Waals surface area (Å²) >= 11 is 0. The number of hydrogen-bond donors (Lipinski definition) is 2. The lowest BCUT2D eigenvalue weighted by Gasteiger charge is -2.41. The number of carboxylic acids is 1. The van der Waals surface area contributed by atoms with E-state index in [4.69, 9.17) is 9.47 Å². The van der Waals surface area contributed by atoms with Crippen molar-refractivity contribution in [1.82, 2.24) is 9.88 Å². The van der Waals surface area contributed by atoms with Crippen molar-refractivity contribution in [2.24, 2.45) is 5.41 Å².